The fourth-order valence-corrected chi connectivity index (χ4v) is 2.95. The molecule has 0 atom stereocenters. The van der Waals surface area contributed by atoms with E-state index in [1.165, 1.54) is 25.8 Å². The summed E-state index contributed by atoms with van der Waals surface area (Å²) in [5, 5.41) is 16.0. The molecule has 0 radical (unpaired) electrons. The molecule has 1 heterocycles. The van der Waals surface area contributed by atoms with E-state index >= 15 is 0 Å². The molecule has 132 valence electrons. The fraction of sp³-hybridized carbons (Fsp3) is 0.611. The van der Waals surface area contributed by atoms with Crippen molar-refractivity contribution >= 4 is 11.6 Å². The third-order valence-electron chi connectivity index (χ3n) is 4.69. The molecule has 0 saturated heterocycles. The largest absolute Gasteiger partial charge is 0.506 e. The minimum absolute atomic E-state index is 0.00265. The smallest absolute Gasteiger partial charge is 0.262 e. The lowest BCUT2D eigenvalue weighted by Gasteiger charge is -2.22. The van der Waals surface area contributed by atoms with Crippen LogP contribution in [0.2, 0.25) is 0 Å². The van der Waals surface area contributed by atoms with E-state index in [0.29, 0.717) is 11.4 Å². The molecule has 0 unspecified atom stereocenters. The molecule has 0 bridgehead atoms. The van der Waals surface area contributed by atoms with Crippen molar-refractivity contribution < 1.29 is 14.6 Å². The lowest BCUT2D eigenvalue weighted by molar-refractivity contribution is -0.118. The Hall–Kier alpha value is -1.79. The number of hydrogen-bond donors (Lipinski definition) is 3. The van der Waals surface area contributed by atoms with Crippen LogP contribution in [0.4, 0.5) is 5.69 Å². The molecule has 0 aromatic heterocycles. The second-order valence-electron chi connectivity index (χ2n) is 6.82. The zero-order valence-corrected chi connectivity index (χ0v) is 14.3. The zero-order valence-electron chi connectivity index (χ0n) is 14.3. The molecule has 6 nitrogen and oxygen atoms in total. The van der Waals surface area contributed by atoms with Gasteiger partial charge < -0.3 is 25.4 Å². The fourth-order valence-electron chi connectivity index (χ4n) is 2.95. The summed E-state index contributed by atoms with van der Waals surface area (Å²) >= 11 is 0. The number of fused-ring (bicyclic) bond motifs is 1. The zero-order chi connectivity index (χ0) is 16.9. The van der Waals surface area contributed by atoms with Crippen LogP contribution in [-0.2, 0) is 11.2 Å². The molecule has 1 aromatic carbocycles. The summed E-state index contributed by atoms with van der Waals surface area (Å²) in [6, 6.07) is 3.46. The highest BCUT2D eigenvalue weighted by molar-refractivity contribution is 5.97. The first-order valence-electron chi connectivity index (χ1n) is 8.80. The summed E-state index contributed by atoms with van der Waals surface area (Å²) in [5.74, 6) is 1.40. The molecule has 2 aliphatic rings. The molecule has 0 spiro atoms. The number of benzene rings is 1. The van der Waals surface area contributed by atoms with Crippen LogP contribution in [0.3, 0.4) is 0 Å². The Morgan fingerprint density at radius 2 is 2.17 bits per heavy atom. The first-order valence-corrected chi connectivity index (χ1v) is 8.80. The predicted octanol–water partition coefficient (Wildman–Crippen LogP) is 1.59. The van der Waals surface area contributed by atoms with Gasteiger partial charge in [0, 0.05) is 13.1 Å². The first kappa shape index (κ1) is 17.0. The number of amides is 1. The van der Waals surface area contributed by atoms with E-state index in [9.17, 15) is 9.90 Å². The molecule has 24 heavy (non-hydrogen) atoms. The van der Waals surface area contributed by atoms with Gasteiger partial charge in [-0.15, -0.1) is 0 Å². The van der Waals surface area contributed by atoms with Crippen molar-refractivity contribution in [1.29, 1.82) is 0 Å². The molecular formula is C18H27N3O3. The molecule has 1 aliphatic heterocycles. The number of hydrogen-bond acceptors (Lipinski definition) is 5. The van der Waals surface area contributed by atoms with Crippen LogP contribution < -0.4 is 15.4 Å². The van der Waals surface area contributed by atoms with Crippen molar-refractivity contribution in [3.05, 3.63) is 17.7 Å². The van der Waals surface area contributed by atoms with Crippen molar-refractivity contribution in [2.24, 2.45) is 5.92 Å². The Balaban J connectivity index is 1.40. The van der Waals surface area contributed by atoms with Crippen molar-refractivity contribution in [2.75, 3.05) is 45.2 Å². The van der Waals surface area contributed by atoms with Gasteiger partial charge in [-0.2, -0.15) is 0 Å². The number of likely N-dealkylation sites (N-methyl/N-ethyl adjacent to an activating group) is 1. The summed E-state index contributed by atoms with van der Waals surface area (Å²) in [7, 11) is 2.18. The van der Waals surface area contributed by atoms with Crippen molar-refractivity contribution in [2.45, 2.75) is 25.7 Å². The summed E-state index contributed by atoms with van der Waals surface area (Å²) in [6.07, 6.45) is 4.97. The van der Waals surface area contributed by atoms with Gasteiger partial charge in [0.1, 0.15) is 11.4 Å². The molecule has 3 rings (SSSR count). The van der Waals surface area contributed by atoms with Crippen LogP contribution in [0.25, 0.3) is 0 Å². The minimum Gasteiger partial charge on any atom is -0.506 e. The van der Waals surface area contributed by atoms with Crippen LogP contribution in [-0.4, -0.2) is 55.7 Å². The van der Waals surface area contributed by atoms with Gasteiger partial charge in [0.2, 0.25) is 0 Å². The van der Waals surface area contributed by atoms with E-state index in [2.05, 4.69) is 22.6 Å². The molecule has 1 saturated carbocycles. The number of carbonyl (C=O) groups is 1. The second-order valence-corrected chi connectivity index (χ2v) is 6.82. The minimum atomic E-state index is -0.234. The molecule has 1 aliphatic carbocycles. The molecular weight excluding hydrogens is 306 g/mol. The number of anilines is 1. The Morgan fingerprint density at radius 3 is 2.96 bits per heavy atom. The Kier molecular flexibility index (Phi) is 5.58. The lowest BCUT2D eigenvalue weighted by Crippen LogP contribution is -2.31. The summed E-state index contributed by atoms with van der Waals surface area (Å²) in [5.41, 5.74) is 1.39. The van der Waals surface area contributed by atoms with E-state index in [0.717, 1.165) is 37.5 Å². The normalized spacial score (nSPS) is 16.7. The number of carbonyl (C=O) groups excluding carboxylic acids is 1. The monoisotopic (exact) mass is 333 g/mol. The number of phenols is 1. The van der Waals surface area contributed by atoms with Gasteiger partial charge >= 0.3 is 0 Å². The standard InChI is InChI=1S/C18H27N3O3/c1-21(10-7-13-2-3-13)11-9-19-8-6-14-4-5-15(22)17-18(14)24-12-16(23)20-17/h4-5,13,19,22H,2-3,6-12H2,1H3,(H,20,23). The SMILES string of the molecule is CN(CCNCCc1ccc(O)c2c1OCC(=O)N2)CCC1CC1. The van der Waals surface area contributed by atoms with Crippen LogP contribution in [0.1, 0.15) is 24.8 Å². The van der Waals surface area contributed by atoms with Crippen LogP contribution >= 0.6 is 0 Å². The Bertz CT molecular complexity index is 587. The third-order valence-corrected chi connectivity index (χ3v) is 4.69. The Morgan fingerprint density at radius 1 is 1.33 bits per heavy atom. The second kappa shape index (κ2) is 7.85. The molecule has 1 amide bonds. The van der Waals surface area contributed by atoms with Crippen molar-refractivity contribution in [1.82, 2.24) is 10.2 Å². The van der Waals surface area contributed by atoms with Crippen LogP contribution in [0, 0.1) is 5.92 Å². The van der Waals surface area contributed by atoms with E-state index < -0.39 is 0 Å². The number of nitrogens with one attached hydrogen (secondary N) is 2. The molecule has 3 N–H and O–H groups in total. The van der Waals surface area contributed by atoms with Crippen molar-refractivity contribution in [3.8, 4) is 11.5 Å². The van der Waals surface area contributed by atoms with Gasteiger partial charge in [-0.25, -0.2) is 0 Å². The van der Waals surface area contributed by atoms with Gasteiger partial charge in [-0.05, 0) is 50.5 Å². The number of aromatic hydroxyl groups is 1. The van der Waals surface area contributed by atoms with Gasteiger partial charge in [-0.3, -0.25) is 4.79 Å². The highest BCUT2D eigenvalue weighted by Crippen LogP contribution is 2.39. The molecule has 6 heteroatoms. The van der Waals surface area contributed by atoms with Crippen molar-refractivity contribution in [3.63, 3.8) is 0 Å². The summed E-state index contributed by atoms with van der Waals surface area (Å²) < 4.78 is 5.50. The molecule has 1 aromatic rings. The third kappa shape index (κ3) is 4.61. The maximum atomic E-state index is 11.4. The van der Waals surface area contributed by atoms with Gasteiger partial charge in [0.05, 0.1) is 0 Å². The summed E-state index contributed by atoms with van der Waals surface area (Å²) in [4.78, 5) is 13.8. The average molecular weight is 333 g/mol. The van der Waals surface area contributed by atoms with E-state index in [-0.39, 0.29) is 18.3 Å². The maximum absolute atomic E-state index is 11.4. The number of phenolic OH excluding ortho intramolecular Hbond substituents is 1. The topological polar surface area (TPSA) is 73.8 Å². The predicted molar refractivity (Wildman–Crippen MR) is 93.6 cm³/mol. The average Bonchev–Trinajstić information content (AvgIpc) is 3.39. The lowest BCUT2D eigenvalue weighted by atomic mass is 10.1. The highest BCUT2D eigenvalue weighted by Gasteiger charge is 2.22. The number of nitrogens with zero attached hydrogens (tertiary/aromatic N) is 1. The maximum Gasteiger partial charge on any atom is 0.262 e. The number of rotatable bonds is 9. The first-order chi connectivity index (χ1) is 11.6. The van der Waals surface area contributed by atoms with E-state index in [4.69, 9.17) is 4.74 Å². The summed E-state index contributed by atoms with van der Waals surface area (Å²) in [6.45, 7) is 4.03. The van der Waals surface area contributed by atoms with Gasteiger partial charge in [-0.1, -0.05) is 18.9 Å². The molecule has 1 fully saturated rings. The quantitative estimate of drug-likeness (QED) is 0.473. The highest BCUT2D eigenvalue weighted by atomic mass is 16.5. The van der Waals surface area contributed by atoms with Crippen LogP contribution in [0.15, 0.2) is 12.1 Å². The van der Waals surface area contributed by atoms with E-state index in [1.54, 1.807) is 6.07 Å². The van der Waals surface area contributed by atoms with Crippen LogP contribution in [0.5, 0.6) is 11.5 Å². The number of ether oxygens (including phenoxy) is 1. The van der Waals surface area contributed by atoms with Gasteiger partial charge in [0.15, 0.2) is 12.4 Å². The van der Waals surface area contributed by atoms with Gasteiger partial charge in [0.25, 0.3) is 5.91 Å². The Labute approximate surface area is 143 Å². The van der Waals surface area contributed by atoms with E-state index in [1.807, 2.05) is 6.07 Å².